The number of aliphatic hydroxyl groups is 1. The molecule has 7 nitrogen and oxygen atoms in total. The van der Waals surface area contributed by atoms with Gasteiger partial charge in [0.25, 0.3) is 5.91 Å². The van der Waals surface area contributed by atoms with Gasteiger partial charge in [-0.1, -0.05) is 30.3 Å². The molecule has 3 aromatic rings. The Morgan fingerprint density at radius 3 is 2.69 bits per heavy atom. The fourth-order valence-corrected chi connectivity index (χ4v) is 4.20. The largest absolute Gasteiger partial charge is 0.459 e. The van der Waals surface area contributed by atoms with E-state index in [0.717, 1.165) is 22.0 Å². The number of allylic oxidation sites excluding steroid dienone is 1. The Morgan fingerprint density at radius 1 is 1.17 bits per heavy atom. The van der Waals surface area contributed by atoms with E-state index in [9.17, 15) is 14.0 Å². The number of aliphatic hydroxyl groups excluding tert-OH is 1. The normalized spacial score (nSPS) is 17.6. The number of fused-ring (bicyclic) bond motifs is 1. The van der Waals surface area contributed by atoms with E-state index in [2.05, 4.69) is 5.32 Å². The molecule has 2 heterocycles. The number of carbonyl (C=O) groups is 2. The molecule has 35 heavy (non-hydrogen) atoms. The predicted molar refractivity (Wildman–Crippen MR) is 129 cm³/mol. The number of aromatic nitrogens is 1. The highest BCUT2D eigenvalue weighted by atomic mass is 19.1. The number of carbonyl (C=O) groups excluding carboxylic acids is 2. The SMILES string of the molecule is CC(=O)n1cc([C@@H]2C=C(C(=O)NCc3ccc(F)cc3)O[C@H](OCCCCO)C2)c2ccccc21. The van der Waals surface area contributed by atoms with Gasteiger partial charge in [-0.05, 0) is 48.2 Å². The van der Waals surface area contributed by atoms with E-state index in [1.54, 1.807) is 22.8 Å². The highest BCUT2D eigenvalue weighted by molar-refractivity contribution is 5.95. The third-order valence-corrected chi connectivity index (χ3v) is 5.99. The molecule has 1 amide bonds. The summed E-state index contributed by atoms with van der Waals surface area (Å²) in [5.74, 6) is -0.929. The zero-order chi connectivity index (χ0) is 24.8. The average Bonchev–Trinajstić information content (AvgIpc) is 3.26. The highest BCUT2D eigenvalue weighted by Crippen LogP contribution is 2.36. The van der Waals surface area contributed by atoms with Crippen molar-refractivity contribution in [3.05, 3.63) is 83.5 Å². The van der Waals surface area contributed by atoms with Crippen LogP contribution >= 0.6 is 0 Å². The van der Waals surface area contributed by atoms with Gasteiger partial charge in [-0.2, -0.15) is 0 Å². The van der Waals surface area contributed by atoms with Gasteiger partial charge in [0.1, 0.15) is 5.82 Å². The average molecular weight is 481 g/mol. The number of halogens is 1. The highest BCUT2D eigenvalue weighted by Gasteiger charge is 2.30. The Kier molecular flexibility index (Phi) is 7.94. The molecule has 1 aromatic heterocycles. The minimum absolute atomic E-state index is 0.0823. The lowest BCUT2D eigenvalue weighted by Gasteiger charge is -2.29. The zero-order valence-corrected chi connectivity index (χ0v) is 19.6. The van der Waals surface area contributed by atoms with E-state index < -0.39 is 12.2 Å². The summed E-state index contributed by atoms with van der Waals surface area (Å²) in [5, 5.41) is 12.8. The third kappa shape index (κ3) is 5.96. The van der Waals surface area contributed by atoms with Crippen LogP contribution in [0.2, 0.25) is 0 Å². The Labute approximate surface area is 203 Å². The first-order valence-electron chi connectivity index (χ1n) is 11.7. The van der Waals surface area contributed by atoms with Gasteiger partial charge in [0.15, 0.2) is 5.76 Å². The summed E-state index contributed by atoms with van der Waals surface area (Å²) in [6.45, 7) is 2.20. The molecule has 0 saturated carbocycles. The fourth-order valence-electron chi connectivity index (χ4n) is 4.20. The number of hydrogen-bond acceptors (Lipinski definition) is 5. The third-order valence-electron chi connectivity index (χ3n) is 5.99. The summed E-state index contributed by atoms with van der Waals surface area (Å²) in [6, 6.07) is 13.5. The topological polar surface area (TPSA) is 89.8 Å². The molecule has 0 unspecified atom stereocenters. The monoisotopic (exact) mass is 480 g/mol. The van der Waals surface area contributed by atoms with E-state index in [4.69, 9.17) is 14.6 Å². The van der Waals surface area contributed by atoms with E-state index in [1.807, 2.05) is 30.5 Å². The predicted octanol–water partition coefficient (Wildman–Crippen LogP) is 4.26. The number of hydrogen-bond donors (Lipinski definition) is 2. The molecule has 184 valence electrons. The van der Waals surface area contributed by atoms with Crippen molar-refractivity contribution in [2.24, 2.45) is 0 Å². The molecular weight excluding hydrogens is 451 g/mol. The number of benzene rings is 2. The number of ether oxygens (including phenoxy) is 2. The Balaban J connectivity index is 1.59. The second-order valence-corrected chi connectivity index (χ2v) is 8.52. The fraction of sp³-hybridized carbons (Fsp3) is 0.333. The molecule has 4 rings (SSSR count). The van der Waals surface area contributed by atoms with Gasteiger partial charge in [-0.3, -0.25) is 14.2 Å². The summed E-state index contributed by atoms with van der Waals surface area (Å²) in [6.07, 6.45) is 4.68. The summed E-state index contributed by atoms with van der Waals surface area (Å²) in [7, 11) is 0. The van der Waals surface area contributed by atoms with Gasteiger partial charge >= 0.3 is 0 Å². The molecule has 1 aliphatic heterocycles. The van der Waals surface area contributed by atoms with Gasteiger partial charge in [0.2, 0.25) is 12.2 Å². The summed E-state index contributed by atoms with van der Waals surface area (Å²) >= 11 is 0. The first-order chi connectivity index (χ1) is 17.0. The number of para-hydroxylation sites is 1. The number of rotatable bonds is 9. The second kappa shape index (κ2) is 11.3. The second-order valence-electron chi connectivity index (χ2n) is 8.52. The quantitative estimate of drug-likeness (QED) is 0.447. The van der Waals surface area contributed by atoms with Crippen molar-refractivity contribution in [1.82, 2.24) is 9.88 Å². The van der Waals surface area contributed by atoms with Crippen LogP contribution in [-0.2, 0) is 20.8 Å². The van der Waals surface area contributed by atoms with Crippen LogP contribution in [0.5, 0.6) is 0 Å². The molecule has 2 aromatic carbocycles. The van der Waals surface area contributed by atoms with E-state index in [1.165, 1.54) is 19.1 Å². The molecule has 2 N–H and O–H groups in total. The molecule has 0 radical (unpaired) electrons. The molecule has 8 heteroatoms. The van der Waals surface area contributed by atoms with Crippen LogP contribution < -0.4 is 5.32 Å². The Hall–Kier alpha value is -3.49. The van der Waals surface area contributed by atoms with Crippen molar-refractivity contribution in [3.8, 4) is 0 Å². The van der Waals surface area contributed by atoms with Crippen LogP contribution in [0, 0.1) is 5.82 Å². The molecule has 2 atom stereocenters. The van der Waals surface area contributed by atoms with Gasteiger partial charge in [-0.25, -0.2) is 4.39 Å². The molecule has 1 aliphatic rings. The van der Waals surface area contributed by atoms with Crippen LogP contribution in [0.3, 0.4) is 0 Å². The van der Waals surface area contributed by atoms with Crippen molar-refractivity contribution >= 4 is 22.7 Å². The maximum Gasteiger partial charge on any atom is 0.286 e. The van der Waals surface area contributed by atoms with E-state index in [0.29, 0.717) is 25.9 Å². The number of nitrogens with one attached hydrogen (secondary N) is 1. The van der Waals surface area contributed by atoms with Gasteiger partial charge in [-0.15, -0.1) is 0 Å². The minimum atomic E-state index is -0.658. The zero-order valence-electron chi connectivity index (χ0n) is 19.6. The van der Waals surface area contributed by atoms with Crippen LogP contribution in [0.1, 0.15) is 48.0 Å². The first kappa shape index (κ1) is 24.6. The van der Waals surface area contributed by atoms with Crippen LogP contribution in [0.15, 0.2) is 66.6 Å². The number of nitrogens with zero attached hydrogens (tertiary/aromatic N) is 1. The summed E-state index contributed by atoms with van der Waals surface area (Å²) in [5.41, 5.74) is 2.47. The van der Waals surface area contributed by atoms with Crippen molar-refractivity contribution in [2.75, 3.05) is 13.2 Å². The lowest BCUT2D eigenvalue weighted by molar-refractivity contribution is -0.146. The van der Waals surface area contributed by atoms with Crippen LogP contribution in [0.25, 0.3) is 10.9 Å². The van der Waals surface area contributed by atoms with Crippen molar-refractivity contribution < 1.29 is 28.6 Å². The maximum atomic E-state index is 13.2. The van der Waals surface area contributed by atoms with Crippen molar-refractivity contribution in [2.45, 2.75) is 44.9 Å². The molecular formula is C27H29FN2O5. The standard InChI is InChI=1S/C27H29FN2O5/c1-18(32)30-17-23(22-6-2-3-7-24(22)30)20-14-25(35-26(15-20)34-13-5-4-12-31)27(33)29-16-19-8-10-21(28)11-9-19/h2-3,6-11,14,17,20,26,31H,4-5,12-13,15-16H2,1H3,(H,29,33)/t20-,26+/m1/s1. The van der Waals surface area contributed by atoms with Crippen LogP contribution in [0.4, 0.5) is 4.39 Å². The van der Waals surface area contributed by atoms with Gasteiger partial charge < -0.3 is 19.9 Å². The molecule has 0 spiro atoms. The van der Waals surface area contributed by atoms with E-state index in [-0.39, 0.29) is 36.6 Å². The first-order valence-corrected chi connectivity index (χ1v) is 11.7. The van der Waals surface area contributed by atoms with Gasteiger partial charge in [0.05, 0.1) is 12.1 Å². The molecule has 0 bridgehead atoms. The summed E-state index contributed by atoms with van der Waals surface area (Å²) < 4.78 is 26.6. The Bertz CT molecular complexity index is 1220. The smallest absolute Gasteiger partial charge is 0.286 e. The molecule has 0 aliphatic carbocycles. The van der Waals surface area contributed by atoms with E-state index >= 15 is 0 Å². The minimum Gasteiger partial charge on any atom is -0.459 e. The summed E-state index contributed by atoms with van der Waals surface area (Å²) in [4.78, 5) is 25.2. The van der Waals surface area contributed by atoms with Crippen molar-refractivity contribution in [3.63, 3.8) is 0 Å². The molecule has 0 saturated heterocycles. The molecule has 0 fully saturated rings. The van der Waals surface area contributed by atoms with Gasteiger partial charge in [0, 0.05) is 44.0 Å². The number of unbranched alkanes of at least 4 members (excludes halogenated alkanes) is 1. The van der Waals surface area contributed by atoms with Crippen LogP contribution in [-0.4, -0.2) is 41.0 Å². The van der Waals surface area contributed by atoms with Crippen molar-refractivity contribution in [1.29, 1.82) is 0 Å². The maximum absolute atomic E-state index is 13.2. The lowest BCUT2D eigenvalue weighted by atomic mass is 9.92. The Morgan fingerprint density at radius 2 is 1.94 bits per heavy atom. The number of amides is 1. The lowest BCUT2D eigenvalue weighted by Crippen LogP contribution is -2.32.